The van der Waals surface area contributed by atoms with Crippen molar-refractivity contribution in [3.05, 3.63) is 36.8 Å². The van der Waals surface area contributed by atoms with Crippen molar-refractivity contribution < 1.29 is 13.2 Å². The van der Waals surface area contributed by atoms with Gasteiger partial charge in [0.05, 0.1) is 24.7 Å². The van der Waals surface area contributed by atoms with E-state index in [9.17, 15) is 8.42 Å². The Labute approximate surface area is 153 Å². The summed E-state index contributed by atoms with van der Waals surface area (Å²) in [5.41, 5.74) is 0.428. The first-order chi connectivity index (χ1) is 12.6. The molecule has 1 fully saturated rings. The molecule has 0 atom stereocenters. The zero-order chi connectivity index (χ0) is 18.4. The Morgan fingerprint density at radius 3 is 2.46 bits per heavy atom. The summed E-state index contributed by atoms with van der Waals surface area (Å²) in [6.45, 7) is 3.58. The van der Waals surface area contributed by atoms with Crippen molar-refractivity contribution >= 4 is 21.7 Å². The molecule has 0 amide bonds. The fourth-order valence-electron chi connectivity index (χ4n) is 2.67. The minimum Gasteiger partial charge on any atom is -0.481 e. The number of nitrogens with zero attached hydrogens (tertiary/aromatic N) is 5. The van der Waals surface area contributed by atoms with Gasteiger partial charge in [-0.05, 0) is 12.1 Å². The Hall–Kier alpha value is -2.46. The summed E-state index contributed by atoms with van der Waals surface area (Å²) >= 11 is 0. The van der Waals surface area contributed by atoms with E-state index < -0.39 is 10.0 Å². The zero-order valence-corrected chi connectivity index (χ0v) is 15.4. The maximum atomic E-state index is 12.3. The Morgan fingerprint density at radius 2 is 1.85 bits per heavy atom. The van der Waals surface area contributed by atoms with E-state index in [1.807, 2.05) is 0 Å². The minimum absolute atomic E-state index is 0.0286. The SMILES string of the molecule is COc1ccc(NS(=O)(=O)CCN2CCN(c3ncccn3)CC2)cn1. The summed E-state index contributed by atoms with van der Waals surface area (Å²) in [4.78, 5) is 16.7. The van der Waals surface area contributed by atoms with E-state index in [2.05, 4.69) is 29.5 Å². The van der Waals surface area contributed by atoms with Crippen molar-refractivity contribution in [3.8, 4) is 5.88 Å². The number of ether oxygens (including phenoxy) is 1. The lowest BCUT2D eigenvalue weighted by Gasteiger charge is -2.34. The third kappa shape index (κ3) is 5.02. The van der Waals surface area contributed by atoms with Gasteiger partial charge in [-0.15, -0.1) is 0 Å². The van der Waals surface area contributed by atoms with Crippen molar-refractivity contribution in [1.29, 1.82) is 0 Å². The van der Waals surface area contributed by atoms with Crippen LogP contribution in [0.3, 0.4) is 0 Å². The van der Waals surface area contributed by atoms with Crippen LogP contribution in [0.5, 0.6) is 5.88 Å². The lowest BCUT2D eigenvalue weighted by molar-refractivity contribution is 0.270. The molecular formula is C16H22N6O3S. The second-order valence-corrected chi connectivity index (χ2v) is 7.73. The van der Waals surface area contributed by atoms with Crippen molar-refractivity contribution in [2.45, 2.75) is 0 Å². The maximum Gasteiger partial charge on any atom is 0.234 e. The first-order valence-electron chi connectivity index (χ1n) is 8.30. The normalized spacial score (nSPS) is 15.7. The highest BCUT2D eigenvalue weighted by Gasteiger charge is 2.20. The monoisotopic (exact) mass is 378 g/mol. The summed E-state index contributed by atoms with van der Waals surface area (Å²) in [7, 11) is -1.92. The molecule has 1 N–H and O–H groups in total. The molecule has 0 aromatic carbocycles. The average Bonchev–Trinajstić information content (AvgIpc) is 2.68. The van der Waals surface area contributed by atoms with Gasteiger partial charge in [0, 0.05) is 51.2 Å². The topological polar surface area (TPSA) is 101 Å². The predicted octanol–water partition coefficient (Wildman–Crippen LogP) is 0.444. The average molecular weight is 378 g/mol. The highest BCUT2D eigenvalue weighted by Crippen LogP contribution is 2.13. The molecule has 26 heavy (non-hydrogen) atoms. The molecule has 0 saturated carbocycles. The molecule has 0 radical (unpaired) electrons. The van der Waals surface area contributed by atoms with Crippen LogP contribution in [0, 0.1) is 0 Å². The standard InChI is InChI=1S/C16H22N6O3S/c1-25-15-4-3-14(13-19-15)20-26(23,24)12-11-21-7-9-22(10-8-21)16-17-5-2-6-18-16/h2-6,13,20H,7-12H2,1H3. The summed E-state index contributed by atoms with van der Waals surface area (Å²) in [6.07, 6.45) is 4.89. The van der Waals surface area contributed by atoms with Crippen LogP contribution in [0.4, 0.5) is 11.6 Å². The van der Waals surface area contributed by atoms with Gasteiger partial charge in [-0.1, -0.05) is 0 Å². The highest BCUT2D eigenvalue weighted by atomic mass is 32.2. The molecule has 9 nitrogen and oxygen atoms in total. The van der Waals surface area contributed by atoms with Gasteiger partial charge in [-0.3, -0.25) is 9.62 Å². The van der Waals surface area contributed by atoms with Gasteiger partial charge in [0.1, 0.15) is 0 Å². The van der Waals surface area contributed by atoms with Crippen LogP contribution in [0.2, 0.25) is 0 Å². The fourth-order valence-corrected chi connectivity index (χ4v) is 3.75. The van der Waals surface area contributed by atoms with Gasteiger partial charge in [0.15, 0.2) is 0 Å². The second-order valence-electron chi connectivity index (χ2n) is 5.89. The van der Waals surface area contributed by atoms with E-state index in [-0.39, 0.29) is 5.75 Å². The molecule has 0 aliphatic carbocycles. The van der Waals surface area contributed by atoms with Crippen LogP contribution in [0.1, 0.15) is 0 Å². The van der Waals surface area contributed by atoms with Gasteiger partial charge in [-0.25, -0.2) is 23.4 Å². The Kier molecular flexibility index (Phi) is 5.84. The lowest BCUT2D eigenvalue weighted by Crippen LogP contribution is -2.48. The number of hydrogen-bond donors (Lipinski definition) is 1. The summed E-state index contributed by atoms with van der Waals surface area (Å²) < 4.78 is 32.0. The van der Waals surface area contributed by atoms with Crippen LogP contribution in [-0.4, -0.2) is 73.9 Å². The van der Waals surface area contributed by atoms with Gasteiger partial charge in [-0.2, -0.15) is 0 Å². The summed E-state index contributed by atoms with van der Waals surface area (Å²) in [5.74, 6) is 1.18. The summed E-state index contributed by atoms with van der Waals surface area (Å²) in [6, 6.07) is 5.03. The third-order valence-corrected chi connectivity index (χ3v) is 5.37. The quantitative estimate of drug-likeness (QED) is 0.741. The molecule has 10 heteroatoms. The zero-order valence-electron chi connectivity index (χ0n) is 14.6. The lowest BCUT2D eigenvalue weighted by atomic mass is 10.3. The number of anilines is 2. The number of hydrogen-bond acceptors (Lipinski definition) is 8. The predicted molar refractivity (Wildman–Crippen MR) is 98.9 cm³/mol. The number of rotatable bonds is 7. The smallest absolute Gasteiger partial charge is 0.234 e. The van der Waals surface area contributed by atoms with E-state index in [4.69, 9.17) is 4.74 Å². The number of nitrogens with one attached hydrogen (secondary N) is 1. The molecule has 0 unspecified atom stereocenters. The van der Waals surface area contributed by atoms with Crippen molar-refractivity contribution in [1.82, 2.24) is 19.9 Å². The number of aromatic nitrogens is 3. The van der Waals surface area contributed by atoms with Crippen LogP contribution in [0.15, 0.2) is 36.8 Å². The Balaban J connectivity index is 1.46. The molecule has 1 aliphatic rings. The molecule has 1 aliphatic heterocycles. The van der Waals surface area contributed by atoms with Gasteiger partial charge in [0.2, 0.25) is 21.9 Å². The van der Waals surface area contributed by atoms with Crippen LogP contribution < -0.4 is 14.4 Å². The largest absolute Gasteiger partial charge is 0.481 e. The molecule has 3 heterocycles. The van der Waals surface area contributed by atoms with Crippen LogP contribution in [0.25, 0.3) is 0 Å². The number of sulfonamides is 1. The van der Waals surface area contributed by atoms with E-state index in [0.717, 1.165) is 26.2 Å². The second kappa shape index (κ2) is 8.28. The minimum atomic E-state index is -3.43. The molecule has 0 bridgehead atoms. The molecule has 2 aromatic rings. The third-order valence-electron chi connectivity index (χ3n) is 4.10. The van der Waals surface area contributed by atoms with Crippen molar-refractivity contribution in [2.75, 3.05) is 55.2 Å². The Morgan fingerprint density at radius 1 is 1.12 bits per heavy atom. The number of methoxy groups -OCH3 is 1. The molecule has 2 aromatic heterocycles. The van der Waals surface area contributed by atoms with E-state index in [0.29, 0.717) is 24.1 Å². The van der Waals surface area contributed by atoms with E-state index >= 15 is 0 Å². The Bertz CT molecular complexity index is 792. The van der Waals surface area contributed by atoms with Crippen molar-refractivity contribution in [2.24, 2.45) is 0 Å². The first-order valence-corrected chi connectivity index (χ1v) is 9.96. The van der Waals surface area contributed by atoms with Gasteiger partial charge < -0.3 is 9.64 Å². The van der Waals surface area contributed by atoms with E-state index in [1.54, 1.807) is 30.6 Å². The molecule has 1 saturated heterocycles. The van der Waals surface area contributed by atoms with Gasteiger partial charge >= 0.3 is 0 Å². The fraction of sp³-hybridized carbons (Fsp3) is 0.438. The first kappa shape index (κ1) is 18.3. The maximum absolute atomic E-state index is 12.3. The molecular weight excluding hydrogens is 356 g/mol. The molecule has 3 rings (SSSR count). The van der Waals surface area contributed by atoms with Crippen molar-refractivity contribution in [3.63, 3.8) is 0 Å². The summed E-state index contributed by atoms with van der Waals surface area (Å²) in [5, 5.41) is 0. The number of piperazine rings is 1. The van der Waals surface area contributed by atoms with Crippen LogP contribution >= 0.6 is 0 Å². The molecule has 0 spiro atoms. The number of pyridine rings is 1. The molecule has 140 valence electrons. The van der Waals surface area contributed by atoms with E-state index in [1.165, 1.54) is 13.3 Å². The van der Waals surface area contributed by atoms with Crippen LogP contribution in [-0.2, 0) is 10.0 Å². The van der Waals surface area contributed by atoms with Gasteiger partial charge in [0.25, 0.3) is 0 Å². The highest BCUT2D eigenvalue weighted by molar-refractivity contribution is 7.92.